The summed E-state index contributed by atoms with van der Waals surface area (Å²) in [5.41, 5.74) is 0.914. The second kappa shape index (κ2) is 7.71. The number of aromatic nitrogens is 2. The zero-order chi connectivity index (χ0) is 21.8. The summed E-state index contributed by atoms with van der Waals surface area (Å²) >= 11 is 12.7. The molecule has 0 spiro atoms. The number of hydrogen-bond acceptors (Lipinski definition) is 4. The van der Waals surface area contributed by atoms with E-state index in [1.54, 1.807) is 18.2 Å². The molecule has 0 aliphatic heterocycles. The number of ether oxygens (including phenoxy) is 1. The summed E-state index contributed by atoms with van der Waals surface area (Å²) in [6.07, 6.45) is -1.14. The highest BCUT2D eigenvalue weighted by atomic mass is 35.5. The maximum atomic E-state index is 13.5. The van der Waals surface area contributed by atoms with Crippen LogP contribution in [0.2, 0.25) is 10.0 Å². The third-order valence-corrected chi connectivity index (χ3v) is 6.15. The van der Waals surface area contributed by atoms with E-state index in [0.717, 1.165) is 25.7 Å². The van der Waals surface area contributed by atoms with E-state index < -0.39 is 11.9 Å². The highest BCUT2D eigenvalue weighted by molar-refractivity contribution is 6.39. The molecule has 0 bridgehead atoms. The normalized spacial score (nSPS) is 16.5. The molecule has 9 heteroatoms. The van der Waals surface area contributed by atoms with Gasteiger partial charge in [-0.1, -0.05) is 40.5 Å². The molecular formula is C22H17Cl2F3N2O2. The first-order chi connectivity index (χ1) is 14.8. The Balaban J connectivity index is 1.48. The van der Waals surface area contributed by atoms with Crippen LogP contribution in [0.3, 0.4) is 0 Å². The van der Waals surface area contributed by atoms with Crippen LogP contribution in [0.25, 0.3) is 11.3 Å². The van der Waals surface area contributed by atoms with Crippen molar-refractivity contribution >= 4 is 23.2 Å². The Hall–Kier alpha value is -2.25. The minimum absolute atomic E-state index is 0.0563. The monoisotopic (exact) mass is 468 g/mol. The summed E-state index contributed by atoms with van der Waals surface area (Å²) in [6.45, 7) is -0.0563. The van der Waals surface area contributed by atoms with Crippen LogP contribution < -0.4 is 4.74 Å². The average Bonchev–Trinajstić information content (AvgIpc) is 3.64. The molecule has 0 radical (unpaired) electrons. The fourth-order valence-electron chi connectivity index (χ4n) is 3.68. The molecule has 0 amide bonds. The zero-order valence-corrected chi connectivity index (χ0v) is 17.7. The second-order valence-corrected chi connectivity index (χ2v) is 8.71. The Morgan fingerprint density at radius 3 is 2.29 bits per heavy atom. The summed E-state index contributed by atoms with van der Waals surface area (Å²) in [5.74, 6) is 0.677. The molecule has 2 aliphatic rings. The number of halogens is 5. The van der Waals surface area contributed by atoms with Gasteiger partial charge in [-0.3, -0.25) is 0 Å². The summed E-state index contributed by atoms with van der Waals surface area (Å²) in [4.78, 5) is 3.78. The molecule has 4 nitrogen and oxygen atoms in total. The highest BCUT2D eigenvalue weighted by Crippen LogP contribution is 2.47. The Morgan fingerprint density at radius 1 is 1.00 bits per heavy atom. The number of rotatable bonds is 6. The zero-order valence-electron chi connectivity index (χ0n) is 16.2. The molecule has 2 aliphatic carbocycles. The van der Waals surface area contributed by atoms with E-state index >= 15 is 0 Å². The lowest BCUT2D eigenvalue weighted by molar-refractivity contribution is -0.142. The van der Waals surface area contributed by atoms with E-state index in [2.05, 4.69) is 10.1 Å². The van der Waals surface area contributed by atoms with Crippen molar-refractivity contribution in [2.75, 3.05) is 0 Å². The summed E-state index contributed by atoms with van der Waals surface area (Å²) in [7, 11) is 0. The van der Waals surface area contributed by atoms with Crippen molar-refractivity contribution in [2.24, 2.45) is 0 Å². The number of nitrogens with zero attached hydrogens (tertiary/aromatic N) is 2. The predicted molar refractivity (Wildman–Crippen MR) is 109 cm³/mol. The van der Waals surface area contributed by atoms with Crippen LogP contribution in [0, 0.1) is 0 Å². The summed E-state index contributed by atoms with van der Waals surface area (Å²) in [6, 6.07) is 8.04. The van der Waals surface area contributed by atoms with Gasteiger partial charge in [-0.2, -0.15) is 13.2 Å². The van der Waals surface area contributed by atoms with Gasteiger partial charge >= 0.3 is 6.18 Å². The quantitative estimate of drug-likeness (QED) is 0.378. The molecule has 0 unspecified atom stereocenters. The van der Waals surface area contributed by atoms with Crippen molar-refractivity contribution in [3.05, 3.63) is 63.0 Å². The van der Waals surface area contributed by atoms with Crippen molar-refractivity contribution in [1.82, 2.24) is 10.1 Å². The topological polar surface area (TPSA) is 48.2 Å². The molecule has 31 heavy (non-hydrogen) atoms. The molecule has 162 valence electrons. The van der Waals surface area contributed by atoms with Gasteiger partial charge in [0.1, 0.15) is 18.1 Å². The lowest BCUT2D eigenvalue weighted by Gasteiger charge is -2.14. The SMILES string of the molecule is FC(F)(F)c1nc(OCc2c(-c3c(Cl)cccc3Cl)noc2C2CC2)ccc1C1CC1. The first-order valence-corrected chi connectivity index (χ1v) is 10.7. The molecule has 2 heterocycles. The lowest BCUT2D eigenvalue weighted by Crippen LogP contribution is -2.13. The van der Waals surface area contributed by atoms with E-state index in [-0.39, 0.29) is 29.9 Å². The second-order valence-electron chi connectivity index (χ2n) is 7.89. The predicted octanol–water partition coefficient (Wildman–Crippen LogP) is 7.40. The summed E-state index contributed by atoms with van der Waals surface area (Å²) < 4.78 is 51.8. The molecule has 2 fully saturated rings. The number of benzene rings is 1. The number of hydrogen-bond donors (Lipinski definition) is 0. The first-order valence-electron chi connectivity index (χ1n) is 9.96. The summed E-state index contributed by atoms with van der Waals surface area (Å²) in [5, 5.41) is 4.96. The van der Waals surface area contributed by atoms with Crippen LogP contribution in [-0.4, -0.2) is 10.1 Å². The number of pyridine rings is 1. The standard InChI is InChI=1S/C22H17Cl2F3N2O2/c23-15-2-1-3-16(24)18(15)19-14(20(31-29-19)12-6-7-12)10-30-17-9-8-13(11-4-5-11)21(28-17)22(25,26)27/h1-3,8-9,11-12H,4-7,10H2. The Kier molecular flexibility index (Phi) is 5.13. The van der Waals surface area contributed by atoms with E-state index in [9.17, 15) is 13.2 Å². The van der Waals surface area contributed by atoms with Crippen molar-refractivity contribution in [2.45, 2.75) is 50.3 Å². The minimum atomic E-state index is -4.54. The van der Waals surface area contributed by atoms with Crippen LogP contribution in [0.1, 0.15) is 60.1 Å². The molecule has 2 aromatic heterocycles. The molecule has 0 N–H and O–H groups in total. The van der Waals surface area contributed by atoms with Crippen molar-refractivity contribution in [3.63, 3.8) is 0 Å². The van der Waals surface area contributed by atoms with Gasteiger partial charge in [0.2, 0.25) is 5.88 Å². The molecule has 2 saturated carbocycles. The van der Waals surface area contributed by atoms with E-state index in [1.165, 1.54) is 12.1 Å². The van der Waals surface area contributed by atoms with Crippen LogP contribution in [0.4, 0.5) is 13.2 Å². The molecule has 1 aromatic carbocycles. The van der Waals surface area contributed by atoms with E-state index in [4.69, 9.17) is 32.5 Å². The number of alkyl halides is 3. The van der Waals surface area contributed by atoms with Crippen LogP contribution in [0.5, 0.6) is 5.88 Å². The van der Waals surface area contributed by atoms with Gasteiger partial charge in [0.05, 0.1) is 15.6 Å². The Morgan fingerprint density at radius 2 is 1.68 bits per heavy atom. The molecule has 0 saturated heterocycles. The van der Waals surface area contributed by atoms with Gasteiger partial charge in [0, 0.05) is 17.5 Å². The van der Waals surface area contributed by atoms with Crippen molar-refractivity contribution < 1.29 is 22.4 Å². The van der Waals surface area contributed by atoms with Crippen LogP contribution >= 0.6 is 23.2 Å². The molecule has 3 aromatic rings. The lowest BCUT2D eigenvalue weighted by atomic mass is 10.0. The molecule has 0 atom stereocenters. The third kappa shape index (κ3) is 4.13. The smallest absolute Gasteiger partial charge is 0.433 e. The largest absolute Gasteiger partial charge is 0.473 e. The van der Waals surface area contributed by atoms with Gasteiger partial charge < -0.3 is 9.26 Å². The van der Waals surface area contributed by atoms with Gasteiger partial charge in [-0.05, 0) is 49.3 Å². The Labute approximate surface area is 186 Å². The maximum Gasteiger partial charge on any atom is 0.433 e. The van der Waals surface area contributed by atoms with Crippen LogP contribution in [-0.2, 0) is 12.8 Å². The Bertz CT molecular complexity index is 1120. The average molecular weight is 469 g/mol. The minimum Gasteiger partial charge on any atom is -0.473 e. The van der Waals surface area contributed by atoms with Gasteiger partial charge in [-0.15, -0.1) is 0 Å². The molecule has 5 rings (SSSR count). The van der Waals surface area contributed by atoms with Gasteiger partial charge in [0.15, 0.2) is 5.69 Å². The third-order valence-electron chi connectivity index (χ3n) is 5.52. The fraction of sp³-hybridized carbons (Fsp3) is 0.364. The van der Waals surface area contributed by atoms with Crippen molar-refractivity contribution in [3.8, 4) is 17.1 Å². The van der Waals surface area contributed by atoms with E-state index in [1.807, 2.05) is 0 Å². The van der Waals surface area contributed by atoms with Gasteiger partial charge in [-0.25, -0.2) is 4.98 Å². The first kappa shape index (κ1) is 20.6. The van der Waals surface area contributed by atoms with E-state index in [0.29, 0.717) is 32.6 Å². The molecular weight excluding hydrogens is 452 g/mol. The maximum absolute atomic E-state index is 13.5. The highest BCUT2D eigenvalue weighted by Gasteiger charge is 2.40. The fourth-order valence-corrected chi connectivity index (χ4v) is 4.25. The van der Waals surface area contributed by atoms with Crippen molar-refractivity contribution in [1.29, 1.82) is 0 Å². The van der Waals surface area contributed by atoms with Crippen LogP contribution in [0.15, 0.2) is 34.9 Å². The van der Waals surface area contributed by atoms with Gasteiger partial charge in [0.25, 0.3) is 0 Å².